The molecule has 2 heteroatoms. The zero-order chi connectivity index (χ0) is 10.4. The van der Waals surface area contributed by atoms with Crippen molar-refractivity contribution in [2.24, 2.45) is 5.92 Å². The quantitative estimate of drug-likeness (QED) is 0.681. The van der Waals surface area contributed by atoms with E-state index in [9.17, 15) is 0 Å². The van der Waals surface area contributed by atoms with Gasteiger partial charge >= 0.3 is 0 Å². The Balaban J connectivity index is 2.00. The SMILES string of the molecule is CC1CCCC(NCCCN(C)C)C1. The lowest BCUT2D eigenvalue weighted by molar-refractivity contribution is 0.295. The van der Waals surface area contributed by atoms with Crippen LogP contribution in [0.15, 0.2) is 0 Å². The van der Waals surface area contributed by atoms with Crippen LogP contribution in [0.5, 0.6) is 0 Å². The smallest absolute Gasteiger partial charge is 0.00696 e. The van der Waals surface area contributed by atoms with E-state index >= 15 is 0 Å². The first kappa shape index (κ1) is 12.0. The van der Waals surface area contributed by atoms with Crippen LogP contribution in [0.1, 0.15) is 39.0 Å². The van der Waals surface area contributed by atoms with Gasteiger partial charge in [0.25, 0.3) is 0 Å². The van der Waals surface area contributed by atoms with Gasteiger partial charge in [0.15, 0.2) is 0 Å². The van der Waals surface area contributed by atoms with Crippen molar-refractivity contribution in [3.8, 4) is 0 Å². The van der Waals surface area contributed by atoms with Crippen molar-refractivity contribution in [3.05, 3.63) is 0 Å². The minimum Gasteiger partial charge on any atom is -0.314 e. The van der Waals surface area contributed by atoms with Gasteiger partial charge in [-0.05, 0) is 52.4 Å². The van der Waals surface area contributed by atoms with E-state index in [-0.39, 0.29) is 0 Å². The number of hydrogen-bond donors (Lipinski definition) is 1. The minimum absolute atomic E-state index is 0.806. The average molecular weight is 198 g/mol. The first-order valence-corrected chi connectivity index (χ1v) is 6.06. The lowest BCUT2D eigenvalue weighted by atomic mass is 9.87. The lowest BCUT2D eigenvalue weighted by Crippen LogP contribution is -2.35. The molecule has 0 bridgehead atoms. The highest BCUT2D eigenvalue weighted by Crippen LogP contribution is 2.23. The molecule has 2 nitrogen and oxygen atoms in total. The molecule has 0 aliphatic heterocycles. The third-order valence-corrected chi connectivity index (χ3v) is 3.15. The summed E-state index contributed by atoms with van der Waals surface area (Å²) in [6.45, 7) is 4.78. The summed E-state index contributed by atoms with van der Waals surface area (Å²) in [5.74, 6) is 0.940. The predicted octanol–water partition coefficient (Wildman–Crippen LogP) is 2.11. The molecule has 1 N–H and O–H groups in total. The van der Waals surface area contributed by atoms with Crippen molar-refractivity contribution in [1.29, 1.82) is 0 Å². The number of nitrogens with zero attached hydrogens (tertiary/aromatic N) is 1. The Morgan fingerprint density at radius 3 is 2.71 bits per heavy atom. The van der Waals surface area contributed by atoms with Crippen molar-refractivity contribution >= 4 is 0 Å². The fraction of sp³-hybridized carbons (Fsp3) is 1.00. The van der Waals surface area contributed by atoms with Gasteiger partial charge in [-0.15, -0.1) is 0 Å². The molecule has 0 radical (unpaired) electrons. The summed E-state index contributed by atoms with van der Waals surface area (Å²) in [5.41, 5.74) is 0. The predicted molar refractivity (Wildman–Crippen MR) is 62.6 cm³/mol. The molecule has 2 atom stereocenters. The van der Waals surface area contributed by atoms with E-state index in [1.165, 1.54) is 45.2 Å². The maximum atomic E-state index is 3.68. The van der Waals surface area contributed by atoms with E-state index in [4.69, 9.17) is 0 Å². The van der Waals surface area contributed by atoms with E-state index in [1.54, 1.807) is 0 Å². The third kappa shape index (κ3) is 4.97. The molecule has 1 aliphatic rings. The Bertz CT molecular complexity index is 145. The summed E-state index contributed by atoms with van der Waals surface area (Å²) < 4.78 is 0. The Hall–Kier alpha value is -0.0800. The van der Waals surface area contributed by atoms with Crippen molar-refractivity contribution in [2.75, 3.05) is 27.2 Å². The van der Waals surface area contributed by atoms with Crippen LogP contribution in [0, 0.1) is 5.92 Å². The summed E-state index contributed by atoms with van der Waals surface area (Å²) >= 11 is 0. The van der Waals surface area contributed by atoms with E-state index in [0.29, 0.717) is 0 Å². The standard InChI is InChI=1S/C12H26N2/c1-11-6-4-7-12(10-11)13-8-5-9-14(2)3/h11-13H,4-10H2,1-3H3. The monoisotopic (exact) mass is 198 g/mol. The van der Waals surface area contributed by atoms with Gasteiger partial charge in [0.05, 0.1) is 0 Å². The second-order valence-electron chi connectivity index (χ2n) is 5.08. The largest absolute Gasteiger partial charge is 0.314 e. The molecule has 1 fully saturated rings. The molecular formula is C12H26N2. The van der Waals surface area contributed by atoms with E-state index in [1.807, 2.05) is 0 Å². The molecular weight excluding hydrogens is 172 g/mol. The van der Waals surface area contributed by atoms with Gasteiger partial charge in [-0.25, -0.2) is 0 Å². The summed E-state index contributed by atoms with van der Waals surface area (Å²) in [4.78, 5) is 2.26. The topological polar surface area (TPSA) is 15.3 Å². The molecule has 0 aromatic rings. The molecule has 1 saturated carbocycles. The van der Waals surface area contributed by atoms with Crippen LogP contribution < -0.4 is 5.32 Å². The maximum absolute atomic E-state index is 3.68. The molecule has 0 aromatic heterocycles. The van der Waals surface area contributed by atoms with E-state index < -0.39 is 0 Å². The van der Waals surface area contributed by atoms with Gasteiger partial charge < -0.3 is 10.2 Å². The summed E-state index contributed by atoms with van der Waals surface area (Å²) in [7, 11) is 4.28. The maximum Gasteiger partial charge on any atom is 0.00696 e. The van der Waals surface area contributed by atoms with Crippen LogP contribution >= 0.6 is 0 Å². The van der Waals surface area contributed by atoms with Crippen LogP contribution in [0.3, 0.4) is 0 Å². The van der Waals surface area contributed by atoms with E-state index in [0.717, 1.165) is 12.0 Å². The van der Waals surface area contributed by atoms with Crippen LogP contribution in [0.2, 0.25) is 0 Å². The minimum atomic E-state index is 0.806. The third-order valence-electron chi connectivity index (χ3n) is 3.15. The Morgan fingerprint density at radius 2 is 2.07 bits per heavy atom. The molecule has 0 spiro atoms. The Morgan fingerprint density at radius 1 is 1.29 bits per heavy atom. The van der Waals surface area contributed by atoms with Gasteiger partial charge in [-0.1, -0.05) is 19.8 Å². The van der Waals surface area contributed by atoms with Gasteiger partial charge in [0.2, 0.25) is 0 Å². The van der Waals surface area contributed by atoms with Crippen molar-refractivity contribution in [3.63, 3.8) is 0 Å². The highest BCUT2D eigenvalue weighted by atomic mass is 15.1. The van der Waals surface area contributed by atoms with Crippen LogP contribution in [-0.4, -0.2) is 38.1 Å². The molecule has 1 aliphatic carbocycles. The van der Waals surface area contributed by atoms with Gasteiger partial charge in [0.1, 0.15) is 0 Å². The van der Waals surface area contributed by atoms with Crippen LogP contribution in [0.25, 0.3) is 0 Å². The van der Waals surface area contributed by atoms with Crippen molar-refractivity contribution in [2.45, 2.75) is 45.1 Å². The Kier molecular flexibility index (Phi) is 5.49. The average Bonchev–Trinajstić information content (AvgIpc) is 2.12. The highest BCUT2D eigenvalue weighted by molar-refractivity contribution is 4.75. The van der Waals surface area contributed by atoms with E-state index in [2.05, 4.69) is 31.2 Å². The van der Waals surface area contributed by atoms with Crippen molar-refractivity contribution in [1.82, 2.24) is 10.2 Å². The molecule has 84 valence electrons. The molecule has 1 rings (SSSR count). The molecule has 2 unspecified atom stereocenters. The lowest BCUT2D eigenvalue weighted by Gasteiger charge is -2.27. The zero-order valence-corrected chi connectivity index (χ0v) is 10.1. The van der Waals surface area contributed by atoms with Gasteiger partial charge in [-0.2, -0.15) is 0 Å². The fourth-order valence-electron chi connectivity index (χ4n) is 2.32. The van der Waals surface area contributed by atoms with Crippen molar-refractivity contribution < 1.29 is 0 Å². The normalized spacial score (nSPS) is 28.3. The summed E-state index contributed by atoms with van der Waals surface area (Å²) in [6, 6.07) is 0.806. The molecule has 0 aromatic carbocycles. The fourth-order valence-corrected chi connectivity index (χ4v) is 2.32. The summed E-state index contributed by atoms with van der Waals surface area (Å²) in [6.07, 6.45) is 6.93. The molecule has 0 heterocycles. The highest BCUT2D eigenvalue weighted by Gasteiger charge is 2.17. The molecule has 14 heavy (non-hydrogen) atoms. The van der Waals surface area contributed by atoms with Crippen LogP contribution in [0.4, 0.5) is 0 Å². The first-order valence-electron chi connectivity index (χ1n) is 6.06. The molecule has 0 amide bonds. The number of nitrogens with one attached hydrogen (secondary N) is 1. The number of hydrogen-bond acceptors (Lipinski definition) is 2. The van der Waals surface area contributed by atoms with Gasteiger partial charge in [-0.3, -0.25) is 0 Å². The second-order valence-corrected chi connectivity index (χ2v) is 5.08. The second kappa shape index (κ2) is 6.41. The molecule has 0 saturated heterocycles. The number of rotatable bonds is 5. The zero-order valence-electron chi connectivity index (χ0n) is 10.1. The van der Waals surface area contributed by atoms with Crippen LogP contribution in [-0.2, 0) is 0 Å². The Labute approximate surface area is 89.1 Å². The summed E-state index contributed by atoms with van der Waals surface area (Å²) in [5, 5.41) is 3.68. The van der Waals surface area contributed by atoms with Gasteiger partial charge in [0, 0.05) is 6.04 Å². The first-order chi connectivity index (χ1) is 6.68.